The van der Waals surface area contributed by atoms with Gasteiger partial charge in [-0.15, -0.1) is 0 Å². The van der Waals surface area contributed by atoms with E-state index in [9.17, 15) is 9.90 Å². The Morgan fingerprint density at radius 3 is 2.65 bits per heavy atom. The molecule has 2 atom stereocenters. The highest BCUT2D eigenvalue weighted by Crippen LogP contribution is 2.47. The van der Waals surface area contributed by atoms with Crippen molar-refractivity contribution in [2.45, 2.75) is 59.4 Å². The number of aromatic hydroxyl groups is 1. The second kappa shape index (κ2) is 6.63. The second-order valence-electron chi connectivity index (χ2n) is 7.90. The molecule has 1 saturated carbocycles. The molecule has 5 heteroatoms. The summed E-state index contributed by atoms with van der Waals surface area (Å²) in [7, 11) is 0. The zero-order valence-corrected chi connectivity index (χ0v) is 15.3. The summed E-state index contributed by atoms with van der Waals surface area (Å²) in [5.74, 6) is -0.289. The number of phenols is 1. The molecule has 23 heavy (non-hydrogen) atoms. The zero-order valence-electron chi connectivity index (χ0n) is 14.4. The lowest BCUT2D eigenvalue weighted by Crippen LogP contribution is -2.46. The molecule has 128 valence electrons. The number of anilines is 1. The maximum atomic E-state index is 12.6. The van der Waals surface area contributed by atoms with E-state index in [0.29, 0.717) is 5.69 Å². The van der Waals surface area contributed by atoms with Crippen LogP contribution in [0.25, 0.3) is 0 Å². The van der Waals surface area contributed by atoms with Gasteiger partial charge in [0.15, 0.2) is 5.75 Å². The van der Waals surface area contributed by atoms with E-state index in [1.807, 2.05) is 0 Å². The lowest BCUT2D eigenvalue weighted by atomic mass is 9.61. The van der Waals surface area contributed by atoms with Crippen LogP contribution in [0.2, 0.25) is 0 Å². The molecule has 0 radical (unpaired) electrons. The minimum Gasteiger partial charge on any atom is -0.505 e. The van der Waals surface area contributed by atoms with Gasteiger partial charge in [-0.05, 0) is 42.2 Å². The van der Waals surface area contributed by atoms with Crippen LogP contribution in [0.3, 0.4) is 0 Å². The molecule has 0 aliphatic heterocycles. The van der Waals surface area contributed by atoms with Crippen LogP contribution in [0.5, 0.6) is 5.75 Å². The zero-order chi connectivity index (χ0) is 17.3. The van der Waals surface area contributed by atoms with Gasteiger partial charge in [0, 0.05) is 6.04 Å². The number of amides is 1. The van der Waals surface area contributed by atoms with Crippen molar-refractivity contribution < 1.29 is 9.90 Å². The predicted octanol–water partition coefficient (Wildman–Crippen LogP) is 4.37. The topological polar surface area (TPSA) is 61.4 Å². The Hall–Kier alpha value is -1.36. The molecule has 0 saturated heterocycles. The standard InChI is InChI=1S/C18H28N2O2S/c1-5-18(4)10-12(9-17(2,3)11-18)19-16(22)13-7-6-8-14(20-23)15(13)21/h6-8,12,20-21,23H,5,9-11H2,1-4H3,(H,19,22). The summed E-state index contributed by atoms with van der Waals surface area (Å²) in [5, 5.41) is 13.3. The number of carbonyl (C=O) groups excluding carboxylic acids is 1. The van der Waals surface area contributed by atoms with Crippen molar-refractivity contribution in [2.24, 2.45) is 10.8 Å². The van der Waals surface area contributed by atoms with Gasteiger partial charge >= 0.3 is 0 Å². The Balaban J connectivity index is 2.17. The molecule has 1 amide bonds. The van der Waals surface area contributed by atoms with Crippen LogP contribution in [0.1, 0.15) is 63.7 Å². The Bertz CT molecular complexity index is 588. The summed E-state index contributed by atoms with van der Waals surface area (Å²) in [6.45, 7) is 9.05. The van der Waals surface area contributed by atoms with Crippen LogP contribution in [0.15, 0.2) is 18.2 Å². The van der Waals surface area contributed by atoms with E-state index >= 15 is 0 Å². The quantitative estimate of drug-likeness (QED) is 0.488. The Morgan fingerprint density at radius 2 is 2.04 bits per heavy atom. The number of phenolic OH excluding ortho intramolecular Hbond substituents is 1. The fourth-order valence-electron chi connectivity index (χ4n) is 4.09. The third-order valence-corrected chi connectivity index (χ3v) is 5.27. The average molecular weight is 337 g/mol. The van der Waals surface area contributed by atoms with Crippen LogP contribution in [0, 0.1) is 10.8 Å². The maximum absolute atomic E-state index is 12.6. The van der Waals surface area contributed by atoms with E-state index in [0.717, 1.165) is 19.3 Å². The van der Waals surface area contributed by atoms with Crippen molar-refractivity contribution >= 4 is 24.4 Å². The summed E-state index contributed by atoms with van der Waals surface area (Å²) in [6, 6.07) is 5.17. The molecule has 0 spiro atoms. The van der Waals surface area contributed by atoms with Crippen LogP contribution >= 0.6 is 12.8 Å². The number of carbonyl (C=O) groups is 1. The Kier molecular flexibility index (Phi) is 5.19. The molecule has 0 heterocycles. The van der Waals surface area contributed by atoms with Crippen molar-refractivity contribution in [1.82, 2.24) is 5.32 Å². The van der Waals surface area contributed by atoms with Crippen LogP contribution in [-0.4, -0.2) is 17.1 Å². The molecule has 1 aliphatic carbocycles. The summed E-state index contributed by atoms with van der Waals surface area (Å²) in [5.41, 5.74) is 1.17. The molecule has 1 aliphatic rings. The molecule has 2 rings (SSSR count). The van der Waals surface area contributed by atoms with Crippen molar-refractivity contribution in [3.8, 4) is 5.75 Å². The van der Waals surface area contributed by atoms with Crippen molar-refractivity contribution in [3.63, 3.8) is 0 Å². The largest absolute Gasteiger partial charge is 0.505 e. The Morgan fingerprint density at radius 1 is 1.35 bits per heavy atom. The van der Waals surface area contributed by atoms with Gasteiger partial charge in [0.05, 0.1) is 11.3 Å². The van der Waals surface area contributed by atoms with E-state index in [2.05, 4.69) is 50.5 Å². The fraction of sp³-hybridized carbons (Fsp3) is 0.611. The van der Waals surface area contributed by atoms with Gasteiger partial charge < -0.3 is 15.1 Å². The van der Waals surface area contributed by atoms with Gasteiger partial charge in [0.2, 0.25) is 0 Å². The maximum Gasteiger partial charge on any atom is 0.255 e. The number of para-hydroxylation sites is 1. The van der Waals surface area contributed by atoms with Gasteiger partial charge in [-0.2, -0.15) is 0 Å². The van der Waals surface area contributed by atoms with Crippen LogP contribution in [-0.2, 0) is 0 Å². The molecular formula is C18H28N2O2S. The number of rotatable bonds is 4. The van der Waals surface area contributed by atoms with Crippen molar-refractivity contribution in [2.75, 3.05) is 4.72 Å². The van der Waals surface area contributed by atoms with Crippen LogP contribution in [0.4, 0.5) is 5.69 Å². The number of hydrogen-bond acceptors (Lipinski definition) is 4. The third-order valence-electron chi connectivity index (χ3n) is 5.03. The van der Waals surface area contributed by atoms with Gasteiger partial charge in [-0.25, -0.2) is 0 Å². The molecule has 0 aromatic heterocycles. The first-order valence-electron chi connectivity index (χ1n) is 8.23. The first kappa shape index (κ1) is 18.0. The summed E-state index contributed by atoms with van der Waals surface area (Å²) < 4.78 is 2.59. The van der Waals surface area contributed by atoms with E-state index in [1.54, 1.807) is 18.2 Å². The van der Waals surface area contributed by atoms with E-state index in [-0.39, 0.29) is 34.1 Å². The van der Waals surface area contributed by atoms with Gasteiger partial charge in [-0.1, -0.05) is 53.0 Å². The normalized spacial score (nSPS) is 26.6. The highest BCUT2D eigenvalue weighted by atomic mass is 32.1. The lowest BCUT2D eigenvalue weighted by molar-refractivity contribution is 0.0606. The average Bonchev–Trinajstić information content (AvgIpc) is 2.45. The second-order valence-corrected chi connectivity index (χ2v) is 8.12. The van der Waals surface area contributed by atoms with E-state index in [1.165, 1.54) is 6.42 Å². The highest BCUT2D eigenvalue weighted by Gasteiger charge is 2.40. The van der Waals surface area contributed by atoms with Crippen LogP contribution < -0.4 is 10.0 Å². The number of benzene rings is 1. The summed E-state index contributed by atoms with van der Waals surface area (Å²) in [6.07, 6.45) is 4.21. The lowest BCUT2D eigenvalue weighted by Gasteiger charge is -2.46. The molecule has 1 aromatic rings. The third kappa shape index (κ3) is 4.14. The number of thiol groups is 1. The highest BCUT2D eigenvalue weighted by molar-refractivity contribution is 7.81. The summed E-state index contributed by atoms with van der Waals surface area (Å²) >= 11 is 3.94. The predicted molar refractivity (Wildman–Crippen MR) is 98.0 cm³/mol. The van der Waals surface area contributed by atoms with Gasteiger partial charge in [0.1, 0.15) is 0 Å². The monoisotopic (exact) mass is 336 g/mol. The number of nitrogens with one attached hydrogen (secondary N) is 2. The number of hydrogen-bond donors (Lipinski definition) is 4. The molecule has 1 fully saturated rings. The molecular weight excluding hydrogens is 308 g/mol. The summed E-state index contributed by atoms with van der Waals surface area (Å²) in [4.78, 5) is 12.6. The molecule has 0 bridgehead atoms. The SMILES string of the molecule is CCC1(C)CC(NC(=O)c2cccc(NS)c2O)CC(C)(C)C1. The van der Waals surface area contributed by atoms with E-state index < -0.39 is 0 Å². The molecule has 1 aromatic carbocycles. The Labute approximate surface area is 144 Å². The van der Waals surface area contributed by atoms with Crippen molar-refractivity contribution in [3.05, 3.63) is 23.8 Å². The minimum absolute atomic E-state index is 0.0617. The minimum atomic E-state index is -0.228. The fourth-order valence-corrected chi connectivity index (χ4v) is 4.27. The molecule has 3 N–H and O–H groups in total. The van der Waals surface area contributed by atoms with Gasteiger partial charge in [-0.3, -0.25) is 4.79 Å². The first-order valence-corrected chi connectivity index (χ1v) is 8.67. The van der Waals surface area contributed by atoms with E-state index in [4.69, 9.17) is 0 Å². The molecule has 2 unspecified atom stereocenters. The molecule has 4 nitrogen and oxygen atoms in total. The smallest absolute Gasteiger partial charge is 0.255 e. The first-order chi connectivity index (χ1) is 10.7. The van der Waals surface area contributed by atoms with Gasteiger partial charge in [0.25, 0.3) is 5.91 Å². The van der Waals surface area contributed by atoms with Crippen molar-refractivity contribution in [1.29, 1.82) is 0 Å².